The molecule has 0 bridgehead atoms. The molecule has 8 heteroatoms. The number of nitro benzene ring substituents is 1. The van der Waals surface area contributed by atoms with Gasteiger partial charge in [-0.05, 0) is 13.0 Å². The number of rotatable bonds is 5. The summed E-state index contributed by atoms with van der Waals surface area (Å²) in [5.41, 5.74) is -0.538. The number of nitrogens with zero attached hydrogens (tertiary/aromatic N) is 1. The standard InChI is InChI=1S/C12H14N2O6/c1-4-20-11-6-10(14(17)18)8(12(16)19-3)5-9(11)13-7(2)15/h5-6H,4H2,1-3H3,(H,13,15). The Morgan fingerprint density at radius 3 is 2.50 bits per heavy atom. The number of methoxy groups -OCH3 is 1. The molecule has 0 aliphatic heterocycles. The van der Waals surface area contributed by atoms with Crippen molar-refractivity contribution < 1.29 is 24.0 Å². The minimum Gasteiger partial charge on any atom is -0.491 e. The first-order valence-corrected chi connectivity index (χ1v) is 5.71. The summed E-state index contributed by atoms with van der Waals surface area (Å²) in [5.74, 6) is -1.15. The van der Waals surface area contributed by atoms with Crippen molar-refractivity contribution in [2.24, 2.45) is 0 Å². The van der Waals surface area contributed by atoms with Gasteiger partial charge in [-0.2, -0.15) is 0 Å². The Kier molecular flexibility index (Phi) is 5.01. The topological polar surface area (TPSA) is 108 Å². The number of carbonyl (C=O) groups excluding carboxylic acids is 2. The molecular weight excluding hydrogens is 268 g/mol. The minimum absolute atomic E-state index is 0.113. The number of hydrogen-bond donors (Lipinski definition) is 1. The van der Waals surface area contributed by atoms with Crippen LogP contribution in [0.5, 0.6) is 5.75 Å². The van der Waals surface area contributed by atoms with Crippen LogP contribution in [0.25, 0.3) is 0 Å². The van der Waals surface area contributed by atoms with Gasteiger partial charge in [0.1, 0.15) is 11.3 Å². The molecule has 0 saturated carbocycles. The van der Waals surface area contributed by atoms with Crippen LogP contribution >= 0.6 is 0 Å². The molecule has 1 N–H and O–H groups in total. The van der Waals surface area contributed by atoms with Crippen LogP contribution < -0.4 is 10.1 Å². The molecule has 0 atom stereocenters. The number of nitrogens with one attached hydrogen (secondary N) is 1. The van der Waals surface area contributed by atoms with Crippen molar-refractivity contribution in [1.82, 2.24) is 0 Å². The zero-order chi connectivity index (χ0) is 15.3. The van der Waals surface area contributed by atoms with Gasteiger partial charge >= 0.3 is 5.97 Å². The number of esters is 1. The highest BCUT2D eigenvalue weighted by Gasteiger charge is 2.25. The van der Waals surface area contributed by atoms with E-state index in [-0.39, 0.29) is 23.6 Å². The lowest BCUT2D eigenvalue weighted by Crippen LogP contribution is -2.12. The fraction of sp³-hybridized carbons (Fsp3) is 0.333. The SMILES string of the molecule is CCOc1cc([N+](=O)[O-])c(C(=O)OC)cc1NC(C)=O. The molecule has 0 aliphatic rings. The second-order valence-corrected chi connectivity index (χ2v) is 3.73. The van der Waals surface area contributed by atoms with Gasteiger partial charge in [0.2, 0.25) is 5.91 Å². The number of ether oxygens (including phenoxy) is 2. The van der Waals surface area contributed by atoms with Crippen molar-refractivity contribution in [2.45, 2.75) is 13.8 Å². The molecule has 0 aliphatic carbocycles. The maximum Gasteiger partial charge on any atom is 0.344 e. The van der Waals surface area contributed by atoms with E-state index in [0.717, 1.165) is 19.2 Å². The van der Waals surface area contributed by atoms with E-state index in [1.54, 1.807) is 6.92 Å². The minimum atomic E-state index is -0.869. The van der Waals surface area contributed by atoms with E-state index in [9.17, 15) is 19.7 Å². The van der Waals surface area contributed by atoms with Crippen molar-refractivity contribution in [3.05, 3.63) is 27.8 Å². The maximum absolute atomic E-state index is 11.6. The van der Waals surface area contributed by atoms with Crippen molar-refractivity contribution in [3.63, 3.8) is 0 Å². The Morgan fingerprint density at radius 2 is 2.05 bits per heavy atom. The van der Waals surface area contributed by atoms with Gasteiger partial charge in [-0.25, -0.2) is 4.79 Å². The van der Waals surface area contributed by atoms with Crippen LogP contribution in [0.2, 0.25) is 0 Å². The summed E-state index contributed by atoms with van der Waals surface area (Å²) < 4.78 is 9.72. The average molecular weight is 282 g/mol. The van der Waals surface area contributed by atoms with Gasteiger partial charge < -0.3 is 14.8 Å². The van der Waals surface area contributed by atoms with Crippen molar-refractivity contribution in [3.8, 4) is 5.75 Å². The zero-order valence-corrected chi connectivity index (χ0v) is 11.3. The second-order valence-electron chi connectivity index (χ2n) is 3.73. The van der Waals surface area contributed by atoms with Gasteiger partial charge in [-0.3, -0.25) is 14.9 Å². The van der Waals surface area contributed by atoms with Gasteiger partial charge in [-0.1, -0.05) is 0 Å². The predicted octanol–water partition coefficient (Wildman–Crippen LogP) is 1.74. The van der Waals surface area contributed by atoms with Crippen LogP contribution in [0.1, 0.15) is 24.2 Å². The molecule has 0 radical (unpaired) electrons. The van der Waals surface area contributed by atoms with Crippen molar-refractivity contribution in [2.75, 3.05) is 19.0 Å². The molecule has 1 aromatic carbocycles. The van der Waals surface area contributed by atoms with Gasteiger partial charge in [0.25, 0.3) is 5.69 Å². The molecular formula is C12H14N2O6. The molecule has 0 unspecified atom stereocenters. The van der Waals surface area contributed by atoms with Gasteiger partial charge in [0, 0.05) is 6.92 Å². The average Bonchev–Trinajstić information content (AvgIpc) is 2.38. The number of carbonyl (C=O) groups is 2. The summed E-state index contributed by atoms with van der Waals surface area (Å²) in [6.07, 6.45) is 0. The molecule has 20 heavy (non-hydrogen) atoms. The monoisotopic (exact) mass is 282 g/mol. The fourth-order valence-electron chi connectivity index (χ4n) is 1.56. The fourth-order valence-corrected chi connectivity index (χ4v) is 1.56. The van der Waals surface area contributed by atoms with E-state index < -0.39 is 22.5 Å². The molecule has 0 fully saturated rings. The molecule has 0 heterocycles. The molecule has 0 spiro atoms. The smallest absolute Gasteiger partial charge is 0.344 e. The van der Waals surface area contributed by atoms with E-state index in [0.29, 0.717) is 0 Å². The van der Waals surface area contributed by atoms with Crippen LogP contribution in [0.3, 0.4) is 0 Å². The van der Waals surface area contributed by atoms with E-state index in [2.05, 4.69) is 10.1 Å². The Morgan fingerprint density at radius 1 is 1.40 bits per heavy atom. The maximum atomic E-state index is 11.6. The zero-order valence-electron chi connectivity index (χ0n) is 11.3. The number of anilines is 1. The predicted molar refractivity (Wildman–Crippen MR) is 69.9 cm³/mol. The first-order valence-electron chi connectivity index (χ1n) is 5.71. The Hall–Kier alpha value is -2.64. The first-order chi connectivity index (χ1) is 9.40. The Balaban J connectivity index is 3.46. The van der Waals surface area contributed by atoms with Gasteiger partial charge in [0.15, 0.2) is 0 Å². The normalized spacial score (nSPS) is 9.75. The second kappa shape index (κ2) is 6.50. The highest BCUT2D eigenvalue weighted by atomic mass is 16.6. The molecule has 108 valence electrons. The molecule has 0 saturated heterocycles. The van der Waals surface area contributed by atoms with Gasteiger partial charge in [-0.15, -0.1) is 0 Å². The van der Waals surface area contributed by atoms with Crippen LogP contribution in [0, 0.1) is 10.1 Å². The number of nitro groups is 1. The van der Waals surface area contributed by atoms with E-state index in [4.69, 9.17) is 4.74 Å². The summed E-state index contributed by atoms with van der Waals surface area (Å²) in [6, 6.07) is 2.25. The third kappa shape index (κ3) is 3.44. The van der Waals surface area contributed by atoms with Crippen LogP contribution in [0.15, 0.2) is 12.1 Å². The summed E-state index contributed by atoms with van der Waals surface area (Å²) in [7, 11) is 1.11. The number of amides is 1. The summed E-state index contributed by atoms with van der Waals surface area (Å²) >= 11 is 0. The van der Waals surface area contributed by atoms with E-state index >= 15 is 0 Å². The molecule has 8 nitrogen and oxygen atoms in total. The van der Waals surface area contributed by atoms with Crippen LogP contribution in [-0.4, -0.2) is 30.5 Å². The van der Waals surface area contributed by atoms with Crippen molar-refractivity contribution in [1.29, 1.82) is 0 Å². The Labute approximate surface area is 114 Å². The first kappa shape index (κ1) is 15.4. The number of benzene rings is 1. The molecule has 1 aromatic rings. The number of hydrogen-bond acceptors (Lipinski definition) is 6. The molecule has 1 amide bonds. The van der Waals surface area contributed by atoms with E-state index in [1.807, 2.05) is 0 Å². The lowest BCUT2D eigenvalue weighted by atomic mass is 10.1. The quantitative estimate of drug-likeness (QED) is 0.500. The van der Waals surface area contributed by atoms with Crippen LogP contribution in [-0.2, 0) is 9.53 Å². The summed E-state index contributed by atoms with van der Waals surface area (Å²) in [4.78, 5) is 33.0. The third-order valence-corrected chi connectivity index (χ3v) is 2.31. The van der Waals surface area contributed by atoms with E-state index in [1.165, 1.54) is 6.92 Å². The van der Waals surface area contributed by atoms with Crippen molar-refractivity contribution >= 4 is 23.3 Å². The highest BCUT2D eigenvalue weighted by Crippen LogP contribution is 2.33. The molecule has 1 rings (SSSR count). The summed E-state index contributed by atoms with van der Waals surface area (Å²) in [6.45, 7) is 3.22. The van der Waals surface area contributed by atoms with Gasteiger partial charge in [0.05, 0.1) is 30.4 Å². The lowest BCUT2D eigenvalue weighted by molar-refractivity contribution is -0.385. The molecule has 0 aromatic heterocycles. The third-order valence-electron chi connectivity index (χ3n) is 2.31. The largest absolute Gasteiger partial charge is 0.491 e. The highest BCUT2D eigenvalue weighted by molar-refractivity contribution is 5.98. The van der Waals surface area contributed by atoms with Crippen LogP contribution in [0.4, 0.5) is 11.4 Å². The lowest BCUT2D eigenvalue weighted by Gasteiger charge is -2.12. The summed E-state index contributed by atoms with van der Waals surface area (Å²) in [5, 5.41) is 13.4. The Bertz CT molecular complexity index is 555.